The van der Waals surface area contributed by atoms with E-state index in [-0.39, 0.29) is 12.1 Å². The zero-order valence-corrected chi connectivity index (χ0v) is 11.1. The largest absolute Gasteiger partial charge is 0.330 e. The van der Waals surface area contributed by atoms with Crippen molar-refractivity contribution in [3.05, 3.63) is 29.8 Å². The van der Waals surface area contributed by atoms with Crippen LogP contribution in [0.25, 0.3) is 0 Å². The summed E-state index contributed by atoms with van der Waals surface area (Å²) >= 11 is 0. The predicted octanol–water partition coefficient (Wildman–Crippen LogP) is 1.84. The highest BCUT2D eigenvalue weighted by Crippen LogP contribution is 2.24. The molecular formula is C14H21N3O. The molecule has 0 bridgehead atoms. The summed E-state index contributed by atoms with van der Waals surface area (Å²) in [5, 5.41) is 0. The Kier molecular flexibility index (Phi) is 3.87. The Labute approximate surface area is 108 Å². The van der Waals surface area contributed by atoms with Crippen molar-refractivity contribution in [3.8, 4) is 0 Å². The molecule has 0 radical (unpaired) electrons. The minimum atomic E-state index is 0.0673. The lowest BCUT2D eigenvalue weighted by Gasteiger charge is -2.16. The van der Waals surface area contributed by atoms with Crippen molar-refractivity contribution in [2.24, 2.45) is 5.73 Å². The highest BCUT2D eigenvalue weighted by molar-refractivity contribution is 5.94. The number of nitrogens with zero attached hydrogens (tertiary/aromatic N) is 2. The first-order chi connectivity index (χ1) is 8.67. The summed E-state index contributed by atoms with van der Waals surface area (Å²) < 4.78 is 0. The Balaban J connectivity index is 2.15. The number of urea groups is 1. The lowest BCUT2D eigenvalue weighted by Crippen LogP contribution is -2.32. The molecule has 1 heterocycles. The summed E-state index contributed by atoms with van der Waals surface area (Å²) in [6, 6.07) is 8.51. The van der Waals surface area contributed by atoms with Crippen LogP contribution >= 0.6 is 0 Å². The van der Waals surface area contributed by atoms with E-state index >= 15 is 0 Å². The topological polar surface area (TPSA) is 49.6 Å². The molecule has 0 aliphatic carbocycles. The first-order valence-corrected chi connectivity index (χ1v) is 6.50. The Morgan fingerprint density at radius 2 is 2.00 bits per heavy atom. The fourth-order valence-corrected chi connectivity index (χ4v) is 2.36. The highest BCUT2D eigenvalue weighted by atomic mass is 16.2. The van der Waals surface area contributed by atoms with Crippen molar-refractivity contribution in [1.82, 2.24) is 4.90 Å². The number of hydrogen-bond acceptors (Lipinski definition) is 2. The molecule has 98 valence electrons. The second kappa shape index (κ2) is 5.40. The number of amides is 2. The van der Waals surface area contributed by atoms with Crippen LogP contribution in [0.2, 0.25) is 0 Å². The van der Waals surface area contributed by atoms with Crippen molar-refractivity contribution in [2.75, 3.05) is 25.0 Å². The van der Waals surface area contributed by atoms with Gasteiger partial charge in [0.25, 0.3) is 0 Å². The van der Waals surface area contributed by atoms with E-state index in [1.165, 1.54) is 5.56 Å². The van der Waals surface area contributed by atoms with Crippen LogP contribution in [-0.4, -0.2) is 37.1 Å². The third kappa shape index (κ3) is 2.34. The zero-order chi connectivity index (χ0) is 13.1. The SMILES string of the molecule is CCc1ccc(N2CC(CCN)N(C)C2=O)cc1. The van der Waals surface area contributed by atoms with Gasteiger partial charge in [0.15, 0.2) is 0 Å². The van der Waals surface area contributed by atoms with Crippen LogP contribution < -0.4 is 10.6 Å². The van der Waals surface area contributed by atoms with E-state index in [9.17, 15) is 4.79 Å². The molecule has 1 saturated heterocycles. The maximum atomic E-state index is 12.2. The molecule has 1 aromatic carbocycles. The van der Waals surface area contributed by atoms with E-state index in [4.69, 9.17) is 5.73 Å². The van der Waals surface area contributed by atoms with E-state index in [0.717, 1.165) is 25.1 Å². The van der Waals surface area contributed by atoms with E-state index in [0.29, 0.717) is 6.54 Å². The number of carbonyl (C=O) groups excluding carboxylic acids is 1. The van der Waals surface area contributed by atoms with Crippen molar-refractivity contribution in [2.45, 2.75) is 25.8 Å². The minimum Gasteiger partial charge on any atom is -0.330 e. The van der Waals surface area contributed by atoms with Crippen LogP contribution in [0, 0.1) is 0 Å². The lowest BCUT2D eigenvalue weighted by molar-refractivity contribution is 0.217. The fourth-order valence-electron chi connectivity index (χ4n) is 2.36. The van der Waals surface area contributed by atoms with E-state index in [1.54, 1.807) is 4.90 Å². The van der Waals surface area contributed by atoms with Gasteiger partial charge >= 0.3 is 6.03 Å². The standard InChI is InChI=1S/C14H21N3O/c1-3-11-4-6-12(7-5-11)17-10-13(8-9-15)16(2)14(17)18/h4-7,13H,3,8-10,15H2,1-2H3. The third-order valence-corrected chi connectivity index (χ3v) is 3.63. The van der Waals surface area contributed by atoms with Crippen LogP contribution in [0.3, 0.4) is 0 Å². The average Bonchev–Trinajstić information content (AvgIpc) is 2.68. The monoisotopic (exact) mass is 247 g/mol. The van der Waals surface area contributed by atoms with E-state index in [2.05, 4.69) is 19.1 Å². The smallest absolute Gasteiger partial charge is 0.324 e. The van der Waals surface area contributed by atoms with Gasteiger partial charge in [-0.05, 0) is 37.1 Å². The Morgan fingerprint density at radius 1 is 1.33 bits per heavy atom. The molecule has 18 heavy (non-hydrogen) atoms. The Morgan fingerprint density at radius 3 is 2.56 bits per heavy atom. The maximum Gasteiger partial charge on any atom is 0.324 e. The molecule has 1 aromatic rings. The van der Waals surface area contributed by atoms with Gasteiger partial charge in [-0.3, -0.25) is 4.90 Å². The molecule has 4 heteroatoms. The summed E-state index contributed by atoms with van der Waals surface area (Å²) in [5.74, 6) is 0. The summed E-state index contributed by atoms with van der Waals surface area (Å²) in [7, 11) is 1.85. The van der Waals surface area contributed by atoms with Gasteiger partial charge in [-0.2, -0.15) is 0 Å². The van der Waals surface area contributed by atoms with Crippen molar-refractivity contribution >= 4 is 11.7 Å². The quantitative estimate of drug-likeness (QED) is 0.882. The van der Waals surface area contributed by atoms with Gasteiger partial charge < -0.3 is 10.6 Å². The molecule has 1 aliphatic rings. The van der Waals surface area contributed by atoms with Gasteiger partial charge in [0, 0.05) is 19.3 Å². The third-order valence-electron chi connectivity index (χ3n) is 3.63. The molecule has 2 N–H and O–H groups in total. The Hall–Kier alpha value is -1.55. The first-order valence-electron chi connectivity index (χ1n) is 6.50. The van der Waals surface area contributed by atoms with Crippen LogP contribution in [0.15, 0.2) is 24.3 Å². The normalized spacial score (nSPS) is 19.7. The second-order valence-corrected chi connectivity index (χ2v) is 4.76. The van der Waals surface area contributed by atoms with Crippen LogP contribution in [-0.2, 0) is 6.42 Å². The molecule has 1 unspecified atom stereocenters. The minimum absolute atomic E-state index is 0.0673. The van der Waals surface area contributed by atoms with E-state index in [1.807, 2.05) is 24.1 Å². The van der Waals surface area contributed by atoms with E-state index < -0.39 is 0 Å². The Bertz CT molecular complexity index is 416. The molecule has 0 spiro atoms. The van der Waals surface area contributed by atoms with Crippen molar-refractivity contribution in [3.63, 3.8) is 0 Å². The van der Waals surface area contributed by atoms with Gasteiger partial charge in [-0.25, -0.2) is 4.79 Å². The van der Waals surface area contributed by atoms with Gasteiger partial charge in [0.05, 0.1) is 6.04 Å². The van der Waals surface area contributed by atoms with Gasteiger partial charge in [-0.15, -0.1) is 0 Å². The van der Waals surface area contributed by atoms with Crippen LogP contribution in [0.5, 0.6) is 0 Å². The molecule has 4 nitrogen and oxygen atoms in total. The molecule has 2 rings (SSSR count). The average molecular weight is 247 g/mol. The molecule has 0 saturated carbocycles. The number of carbonyl (C=O) groups is 1. The number of aryl methyl sites for hydroxylation is 1. The van der Waals surface area contributed by atoms with Crippen molar-refractivity contribution < 1.29 is 4.79 Å². The number of rotatable bonds is 4. The lowest BCUT2D eigenvalue weighted by atomic mass is 10.1. The van der Waals surface area contributed by atoms with Crippen LogP contribution in [0.1, 0.15) is 18.9 Å². The zero-order valence-electron chi connectivity index (χ0n) is 11.1. The number of hydrogen-bond donors (Lipinski definition) is 1. The fraction of sp³-hybridized carbons (Fsp3) is 0.500. The summed E-state index contributed by atoms with van der Waals surface area (Å²) in [5.41, 5.74) is 7.85. The maximum absolute atomic E-state index is 12.2. The highest BCUT2D eigenvalue weighted by Gasteiger charge is 2.34. The molecule has 2 amide bonds. The molecule has 1 atom stereocenters. The molecule has 1 fully saturated rings. The predicted molar refractivity (Wildman–Crippen MR) is 73.8 cm³/mol. The molecule has 1 aliphatic heterocycles. The number of benzene rings is 1. The van der Waals surface area contributed by atoms with Gasteiger partial charge in [-0.1, -0.05) is 19.1 Å². The van der Waals surface area contributed by atoms with Gasteiger partial charge in [0.1, 0.15) is 0 Å². The van der Waals surface area contributed by atoms with Gasteiger partial charge in [0.2, 0.25) is 0 Å². The van der Waals surface area contributed by atoms with Crippen LogP contribution in [0.4, 0.5) is 10.5 Å². The number of anilines is 1. The molecular weight excluding hydrogens is 226 g/mol. The number of likely N-dealkylation sites (N-methyl/N-ethyl adjacent to an activating group) is 1. The summed E-state index contributed by atoms with van der Waals surface area (Å²) in [4.78, 5) is 15.8. The summed E-state index contributed by atoms with van der Waals surface area (Å²) in [6.07, 6.45) is 1.87. The summed E-state index contributed by atoms with van der Waals surface area (Å²) in [6.45, 7) is 3.48. The van der Waals surface area contributed by atoms with Crippen molar-refractivity contribution in [1.29, 1.82) is 0 Å². The first kappa shape index (κ1) is 12.9. The molecule has 0 aromatic heterocycles. The second-order valence-electron chi connectivity index (χ2n) is 4.76. The number of nitrogens with two attached hydrogens (primary N) is 1.